The first-order valence-corrected chi connectivity index (χ1v) is 11.2. The van der Waals surface area contributed by atoms with Crippen LogP contribution in [-0.4, -0.2) is 31.4 Å². The van der Waals surface area contributed by atoms with Crippen molar-refractivity contribution in [3.05, 3.63) is 69.9 Å². The molecular formula is C22H21NO5S. The molecule has 4 rings (SSSR count). The molecule has 150 valence electrons. The highest BCUT2D eigenvalue weighted by Crippen LogP contribution is 2.28. The molecule has 1 aliphatic rings. The highest BCUT2D eigenvalue weighted by molar-refractivity contribution is 7.91. The van der Waals surface area contributed by atoms with Gasteiger partial charge in [-0.05, 0) is 32.4 Å². The lowest BCUT2D eigenvalue weighted by atomic mass is 10.00. The molecule has 0 saturated carbocycles. The first-order chi connectivity index (χ1) is 13.7. The molecule has 1 aliphatic heterocycles. The largest absolute Gasteiger partial charge is 0.455 e. The zero-order chi connectivity index (χ0) is 20.8. The Labute approximate surface area is 168 Å². The van der Waals surface area contributed by atoms with Crippen LogP contribution in [0, 0.1) is 6.92 Å². The highest BCUT2D eigenvalue weighted by Gasteiger charge is 2.39. The molecule has 1 aromatic heterocycles. The lowest BCUT2D eigenvalue weighted by Crippen LogP contribution is -2.47. The Morgan fingerprint density at radius 1 is 1.10 bits per heavy atom. The Hall–Kier alpha value is -2.93. The van der Waals surface area contributed by atoms with E-state index in [2.05, 4.69) is 5.32 Å². The normalized spacial score (nSPS) is 20.6. The lowest BCUT2D eigenvalue weighted by molar-refractivity contribution is 0.0916. The van der Waals surface area contributed by atoms with E-state index in [9.17, 15) is 18.0 Å². The Morgan fingerprint density at radius 3 is 2.48 bits per heavy atom. The van der Waals surface area contributed by atoms with Crippen molar-refractivity contribution in [2.45, 2.75) is 25.8 Å². The van der Waals surface area contributed by atoms with Crippen LogP contribution in [0.1, 0.15) is 29.3 Å². The van der Waals surface area contributed by atoms with Gasteiger partial charge in [0.1, 0.15) is 5.76 Å². The van der Waals surface area contributed by atoms with Gasteiger partial charge >= 0.3 is 0 Å². The molecule has 2 heterocycles. The summed E-state index contributed by atoms with van der Waals surface area (Å²) in [5.74, 6) is -0.0974. The Bertz CT molecular complexity index is 1280. The number of fused-ring (bicyclic) bond motifs is 1. The maximum Gasteiger partial charge on any atom is 0.255 e. The summed E-state index contributed by atoms with van der Waals surface area (Å²) in [6, 6.07) is 14.1. The van der Waals surface area contributed by atoms with E-state index >= 15 is 0 Å². The highest BCUT2D eigenvalue weighted by atomic mass is 32.2. The SMILES string of the molecule is Cc1c(-c2ccccc2)oc2c(C(=O)NC3(C)CCS(=O)(=O)C3)cccc2c1=O. The fraction of sp³-hybridized carbons (Fsp3) is 0.273. The maximum absolute atomic E-state index is 13.0. The third-order valence-electron chi connectivity index (χ3n) is 5.34. The summed E-state index contributed by atoms with van der Waals surface area (Å²) >= 11 is 0. The average Bonchev–Trinajstić information content (AvgIpc) is 2.97. The second kappa shape index (κ2) is 6.84. The number of sulfone groups is 1. The molecule has 7 heteroatoms. The molecule has 1 amide bonds. The molecule has 6 nitrogen and oxygen atoms in total. The van der Waals surface area contributed by atoms with Gasteiger partial charge in [-0.1, -0.05) is 36.4 Å². The molecule has 3 aromatic rings. The van der Waals surface area contributed by atoms with E-state index in [1.54, 1.807) is 32.0 Å². The van der Waals surface area contributed by atoms with Crippen LogP contribution < -0.4 is 10.7 Å². The number of para-hydroxylation sites is 1. The molecule has 0 spiro atoms. The summed E-state index contributed by atoms with van der Waals surface area (Å²) in [4.78, 5) is 25.9. The topological polar surface area (TPSA) is 93.4 Å². The predicted molar refractivity (Wildman–Crippen MR) is 112 cm³/mol. The van der Waals surface area contributed by atoms with E-state index < -0.39 is 21.3 Å². The van der Waals surface area contributed by atoms with Crippen LogP contribution in [0.25, 0.3) is 22.3 Å². The second-order valence-electron chi connectivity index (χ2n) is 7.79. The quantitative estimate of drug-likeness (QED) is 0.715. The van der Waals surface area contributed by atoms with Crippen LogP contribution in [0.5, 0.6) is 0 Å². The van der Waals surface area contributed by atoms with Gasteiger partial charge in [0.25, 0.3) is 5.91 Å². The van der Waals surface area contributed by atoms with E-state index in [1.165, 1.54) is 0 Å². The Balaban J connectivity index is 1.82. The number of rotatable bonds is 3. The summed E-state index contributed by atoms with van der Waals surface area (Å²) in [5.41, 5.74) is 0.578. The van der Waals surface area contributed by atoms with Crippen molar-refractivity contribution >= 4 is 26.7 Å². The minimum Gasteiger partial charge on any atom is -0.455 e. The fourth-order valence-corrected chi connectivity index (χ4v) is 5.90. The molecule has 1 fully saturated rings. The van der Waals surface area contributed by atoms with E-state index in [-0.39, 0.29) is 28.1 Å². The van der Waals surface area contributed by atoms with Crippen molar-refractivity contribution in [2.24, 2.45) is 0 Å². The number of carbonyl (C=O) groups excluding carboxylic acids is 1. The van der Waals surface area contributed by atoms with Crippen LogP contribution in [0.3, 0.4) is 0 Å². The van der Waals surface area contributed by atoms with Gasteiger partial charge in [0, 0.05) is 11.1 Å². The zero-order valence-electron chi connectivity index (χ0n) is 16.2. The van der Waals surface area contributed by atoms with Crippen LogP contribution in [0.4, 0.5) is 0 Å². The lowest BCUT2D eigenvalue weighted by Gasteiger charge is -2.24. The molecule has 0 bridgehead atoms. The van der Waals surface area contributed by atoms with Gasteiger partial charge in [-0.15, -0.1) is 0 Å². The van der Waals surface area contributed by atoms with Crippen molar-refractivity contribution in [2.75, 3.05) is 11.5 Å². The van der Waals surface area contributed by atoms with Gasteiger partial charge in [-0.2, -0.15) is 0 Å². The second-order valence-corrected chi connectivity index (χ2v) is 9.97. The monoisotopic (exact) mass is 411 g/mol. The number of hydrogen-bond acceptors (Lipinski definition) is 5. The van der Waals surface area contributed by atoms with Gasteiger partial charge in [-0.25, -0.2) is 8.42 Å². The Morgan fingerprint density at radius 2 is 1.83 bits per heavy atom. The van der Waals surface area contributed by atoms with Crippen LogP contribution >= 0.6 is 0 Å². The van der Waals surface area contributed by atoms with Gasteiger partial charge in [0.05, 0.1) is 28.0 Å². The molecule has 1 N–H and O–H groups in total. The molecule has 1 unspecified atom stereocenters. The number of hydrogen-bond donors (Lipinski definition) is 1. The molecule has 2 aromatic carbocycles. The third-order valence-corrected chi connectivity index (χ3v) is 7.25. The van der Waals surface area contributed by atoms with Crippen molar-refractivity contribution in [1.82, 2.24) is 5.32 Å². The van der Waals surface area contributed by atoms with Gasteiger partial charge in [-0.3, -0.25) is 9.59 Å². The van der Waals surface area contributed by atoms with Crippen molar-refractivity contribution in [1.29, 1.82) is 0 Å². The van der Waals surface area contributed by atoms with Crippen molar-refractivity contribution < 1.29 is 17.6 Å². The molecule has 0 radical (unpaired) electrons. The van der Waals surface area contributed by atoms with E-state index in [0.717, 1.165) is 5.56 Å². The van der Waals surface area contributed by atoms with E-state index in [4.69, 9.17) is 4.42 Å². The summed E-state index contributed by atoms with van der Waals surface area (Å²) in [7, 11) is -3.17. The number of nitrogens with one attached hydrogen (secondary N) is 1. The zero-order valence-corrected chi connectivity index (χ0v) is 17.0. The van der Waals surface area contributed by atoms with E-state index in [0.29, 0.717) is 23.1 Å². The van der Waals surface area contributed by atoms with Crippen LogP contribution in [0.15, 0.2) is 57.7 Å². The van der Waals surface area contributed by atoms with Gasteiger partial charge in [0.15, 0.2) is 20.8 Å². The fourth-order valence-electron chi connectivity index (χ4n) is 3.80. The molecule has 0 aliphatic carbocycles. The number of benzene rings is 2. The molecule has 29 heavy (non-hydrogen) atoms. The summed E-state index contributed by atoms with van der Waals surface area (Å²) in [6.07, 6.45) is 0.351. The summed E-state index contributed by atoms with van der Waals surface area (Å²) in [5, 5.41) is 3.15. The Kier molecular flexibility index (Phi) is 4.58. The van der Waals surface area contributed by atoms with Crippen molar-refractivity contribution in [3.63, 3.8) is 0 Å². The molecule has 1 saturated heterocycles. The third kappa shape index (κ3) is 3.58. The predicted octanol–water partition coefficient (Wildman–Crippen LogP) is 3.08. The number of carbonyl (C=O) groups is 1. The minimum absolute atomic E-state index is 0.0474. The van der Waals surface area contributed by atoms with Gasteiger partial charge < -0.3 is 9.73 Å². The first-order valence-electron chi connectivity index (χ1n) is 9.34. The van der Waals surface area contributed by atoms with Gasteiger partial charge in [0.2, 0.25) is 0 Å². The molecule has 1 atom stereocenters. The molecular weight excluding hydrogens is 390 g/mol. The average molecular weight is 411 g/mol. The summed E-state index contributed by atoms with van der Waals surface area (Å²) < 4.78 is 29.8. The number of amides is 1. The van der Waals surface area contributed by atoms with Crippen LogP contribution in [-0.2, 0) is 9.84 Å². The standard InChI is InChI=1S/C22H21NO5S/c1-14-18(24)16-9-6-10-17(20(16)28-19(14)15-7-4-3-5-8-15)21(25)23-22(2)11-12-29(26,27)13-22/h3-10H,11-13H2,1-2H3,(H,23,25). The van der Waals surface area contributed by atoms with Crippen LogP contribution in [0.2, 0.25) is 0 Å². The summed E-state index contributed by atoms with van der Waals surface area (Å²) in [6.45, 7) is 3.42. The van der Waals surface area contributed by atoms with Crippen molar-refractivity contribution in [3.8, 4) is 11.3 Å². The maximum atomic E-state index is 13.0. The first kappa shape index (κ1) is 19.4. The van der Waals surface area contributed by atoms with E-state index in [1.807, 2.05) is 30.3 Å². The minimum atomic E-state index is -3.17. The smallest absolute Gasteiger partial charge is 0.255 e.